The maximum absolute atomic E-state index is 13.3. The Morgan fingerprint density at radius 2 is 1.71 bits per heavy atom. The third-order valence-corrected chi connectivity index (χ3v) is 6.88. The van der Waals surface area contributed by atoms with Gasteiger partial charge in [0.2, 0.25) is 5.91 Å². The average molecular weight is 527 g/mol. The first-order valence-electron chi connectivity index (χ1n) is 11.7. The Kier molecular flexibility index (Phi) is 8.27. The van der Waals surface area contributed by atoms with E-state index < -0.39 is 0 Å². The summed E-state index contributed by atoms with van der Waals surface area (Å²) in [5, 5.41) is 7.48. The SMILES string of the molecule is COc1ccc(C2=NN(Cc3ccc(OCCCCBr)cc3)C(=O)[C@@H]3CC=CC[C@H]23)cc1OC. The summed E-state index contributed by atoms with van der Waals surface area (Å²) in [4.78, 5) is 13.3. The largest absolute Gasteiger partial charge is 0.494 e. The van der Waals surface area contributed by atoms with Gasteiger partial charge in [-0.25, -0.2) is 5.01 Å². The fourth-order valence-electron chi connectivity index (χ4n) is 4.47. The highest BCUT2D eigenvalue weighted by molar-refractivity contribution is 9.09. The molecule has 0 fully saturated rings. The summed E-state index contributed by atoms with van der Waals surface area (Å²) in [5.41, 5.74) is 2.88. The van der Waals surface area contributed by atoms with Crippen molar-refractivity contribution < 1.29 is 19.0 Å². The summed E-state index contributed by atoms with van der Waals surface area (Å²) in [6.07, 6.45) is 7.90. The lowest BCUT2D eigenvalue weighted by molar-refractivity contribution is -0.138. The number of benzene rings is 2. The lowest BCUT2D eigenvalue weighted by Gasteiger charge is -2.37. The van der Waals surface area contributed by atoms with Crippen LogP contribution < -0.4 is 14.2 Å². The van der Waals surface area contributed by atoms with Gasteiger partial charge in [-0.2, -0.15) is 5.10 Å². The second-order valence-electron chi connectivity index (χ2n) is 8.50. The predicted octanol–water partition coefficient (Wildman–Crippen LogP) is 5.59. The Labute approximate surface area is 209 Å². The third-order valence-electron chi connectivity index (χ3n) is 6.32. The van der Waals surface area contributed by atoms with E-state index in [1.807, 2.05) is 42.5 Å². The number of hydrogen-bond acceptors (Lipinski definition) is 5. The van der Waals surface area contributed by atoms with Crippen LogP contribution in [0, 0.1) is 11.8 Å². The van der Waals surface area contributed by atoms with Crippen molar-refractivity contribution in [2.45, 2.75) is 32.2 Å². The number of hydrogen-bond donors (Lipinski definition) is 0. The summed E-state index contributed by atoms with van der Waals surface area (Å²) in [6.45, 7) is 1.12. The van der Waals surface area contributed by atoms with Crippen molar-refractivity contribution in [2.75, 3.05) is 26.2 Å². The fourth-order valence-corrected chi connectivity index (χ4v) is 4.86. The van der Waals surface area contributed by atoms with Crippen LogP contribution in [0.25, 0.3) is 0 Å². The molecule has 0 unspecified atom stereocenters. The van der Waals surface area contributed by atoms with Gasteiger partial charge < -0.3 is 14.2 Å². The molecule has 0 saturated carbocycles. The highest BCUT2D eigenvalue weighted by atomic mass is 79.9. The zero-order valence-electron chi connectivity index (χ0n) is 19.7. The molecule has 0 N–H and O–H groups in total. The average Bonchev–Trinajstić information content (AvgIpc) is 2.89. The highest BCUT2D eigenvalue weighted by Crippen LogP contribution is 2.37. The number of unbranched alkanes of at least 4 members (excludes halogenated alkanes) is 1. The number of carbonyl (C=O) groups is 1. The molecule has 4 rings (SSSR count). The Hall–Kier alpha value is -2.80. The van der Waals surface area contributed by atoms with Gasteiger partial charge in [-0.05, 0) is 61.6 Å². The molecule has 2 atom stereocenters. The maximum atomic E-state index is 13.3. The molecule has 7 heteroatoms. The van der Waals surface area contributed by atoms with Crippen molar-refractivity contribution in [3.63, 3.8) is 0 Å². The second-order valence-corrected chi connectivity index (χ2v) is 9.29. The smallest absolute Gasteiger partial charge is 0.247 e. The van der Waals surface area contributed by atoms with E-state index in [0.29, 0.717) is 24.7 Å². The number of methoxy groups -OCH3 is 2. The first kappa shape index (κ1) is 24.3. The number of nitrogens with zero attached hydrogens (tertiary/aromatic N) is 2. The number of halogens is 1. The van der Waals surface area contributed by atoms with E-state index in [-0.39, 0.29) is 17.7 Å². The van der Waals surface area contributed by atoms with Crippen molar-refractivity contribution >= 4 is 27.5 Å². The van der Waals surface area contributed by atoms with E-state index in [9.17, 15) is 4.79 Å². The number of carbonyl (C=O) groups excluding carboxylic acids is 1. The molecule has 180 valence electrons. The number of hydrazone groups is 1. The number of allylic oxidation sites excluding steroid dienone is 2. The van der Waals surface area contributed by atoms with Crippen molar-refractivity contribution in [2.24, 2.45) is 16.9 Å². The molecule has 2 aromatic carbocycles. The lowest BCUT2D eigenvalue weighted by atomic mass is 9.76. The zero-order valence-corrected chi connectivity index (χ0v) is 21.3. The van der Waals surface area contributed by atoms with Gasteiger partial charge in [0.05, 0.1) is 39.0 Å². The van der Waals surface area contributed by atoms with Gasteiger partial charge in [0, 0.05) is 16.8 Å². The number of ether oxygens (including phenoxy) is 3. The Balaban J connectivity index is 1.57. The van der Waals surface area contributed by atoms with Crippen LogP contribution >= 0.6 is 15.9 Å². The zero-order chi connectivity index (χ0) is 23.9. The summed E-state index contributed by atoms with van der Waals surface area (Å²) in [6, 6.07) is 13.8. The quantitative estimate of drug-likeness (QED) is 0.230. The van der Waals surface area contributed by atoms with Crippen LogP contribution in [-0.2, 0) is 11.3 Å². The minimum absolute atomic E-state index is 0.0575. The van der Waals surface area contributed by atoms with E-state index in [0.717, 1.165) is 53.6 Å². The molecule has 0 spiro atoms. The van der Waals surface area contributed by atoms with Crippen LogP contribution in [0.15, 0.2) is 59.7 Å². The molecule has 6 nitrogen and oxygen atoms in total. The topological polar surface area (TPSA) is 60.4 Å². The van der Waals surface area contributed by atoms with Gasteiger partial charge in [-0.15, -0.1) is 0 Å². The van der Waals surface area contributed by atoms with Gasteiger partial charge in [0.1, 0.15) is 5.75 Å². The minimum Gasteiger partial charge on any atom is -0.494 e. The first-order chi connectivity index (χ1) is 16.6. The molecule has 1 heterocycles. The molecule has 2 aliphatic rings. The van der Waals surface area contributed by atoms with Gasteiger partial charge in [-0.3, -0.25) is 4.79 Å². The molecule has 1 aliphatic heterocycles. The van der Waals surface area contributed by atoms with E-state index >= 15 is 0 Å². The molecule has 0 saturated heterocycles. The van der Waals surface area contributed by atoms with E-state index in [1.54, 1.807) is 19.2 Å². The molecular formula is C27H31BrN2O4. The standard InChI is InChI=1S/C27H31BrN2O4/c1-32-24-14-11-20(17-25(24)33-2)26-22-7-3-4-8-23(22)27(31)30(29-26)18-19-9-12-21(13-10-19)34-16-6-5-15-28/h3-4,9-14,17,22-23H,5-8,15-16,18H2,1-2H3/t22-,23+/m0/s1. The maximum Gasteiger partial charge on any atom is 0.247 e. The van der Waals surface area contributed by atoms with E-state index in [2.05, 4.69) is 28.1 Å². The molecule has 2 aromatic rings. The third kappa shape index (κ3) is 5.46. The Morgan fingerprint density at radius 1 is 0.971 bits per heavy atom. The van der Waals surface area contributed by atoms with Crippen LogP contribution in [0.1, 0.15) is 36.8 Å². The van der Waals surface area contributed by atoms with Crippen molar-refractivity contribution in [3.8, 4) is 17.2 Å². The normalized spacial score (nSPS) is 19.4. The lowest BCUT2D eigenvalue weighted by Crippen LogP contribution is -2.45. The van der Waals surface area contributed by atoms with Crippen LogP contribution in [-0.4, -0.2) is 42.8 Å². The first-order valence-corrected chi connectivity index (χ1v) is 12.8. The number of alkyl halides is 1. The summed E-state index contributed by atoms with van der Waals surface area (Å²) in [5.74, 6) is 2.19. The molecule has 0 bridgehead atoms. The van der Waals surface area contributed by atoms with Gasteiger partial charge >= 0.3 is 0 Å². The second kappa shape index (κ2) is 11.6. The molecular weight excluding hydrogens is 496 g/mol. The van der Waals surface area contributed by atoms with Crippen LogP contribution in [0.4, 0.5) is 0 Å². The monoisotopic (exact) mass is 526 g/mol. The Bertz CT molecular complexity index is 1050. The van der Waals surface area contributed by atoms with Crippen molar-refractivity contribution in [1.29, 1.82) is 0 Å². The summed E-state index contributed by atoms with van der Waals surface area (Å²) >= 11 is 3.44. The molecule has 0 aromatic heterocycles. The van der Waals surface area contributed by atoms with E-state index in [4.69, 9.17) is 19.3 Å². The summed E-state index contributed by atoms with van der Waals surface area (Å²) in [7, 11) is 3.25. The predicted molar refractivity (Wildman–Crippen MR) is 137 cm³/mol. The summed E-state index contributed by atoms with van der Waals surface area (Å²) < 4.78 is 16.7. The Morgan fingerprint density at radius 3 is 2.41 bits per heavy atom. The van der Waals surface area contributed by atoms with Crippen molar-refractivity contribution in [3.05, 3.63) is 65.7 Å². The van der Waals surface area contributed by atoms with Crippen LogP contribution in [0.3, 0.4) is 0 Å². The molecule has 1 aliphatic carbocycles. The molecule has 0 radical (unpaired) electrons. The van der Waals surface area contributed by atoms with Crippen LogP contribution in [0.5, 0.6) is 17.2 Å². The van der Waals surface area contributed by atoms with Gasteiger partial charge in [0.25, 0.3) is 0 Å². The van der Waals surface area contributed by atoms with Crippen LogP contribution in [0.2, 0.25) is 0 Å². The van der Waals surface area contributed by atoms with Gasteiger partial charge in [0.15, 0.2) is 11.5 Å². The molecule has 34 heavy (non-hydrogen) atoms. The minimum atomic E-state index is -0.109. The van der Waals surface area contributed by atoms with Gasteiger partial charge in [-0.1, -0.05) is 40.2 Å². The fraction of sp³-hybridized carbons (Fsp3) is 0.407. The number of rotatable bonds is 10. The molecule has 1 amide bonds. The van der Waals surface area contributed by atoms with Crippen molar-refractivity contribution in [1.82, 2.24) is 5.01 Å². The van der Waals surface area contributed by atoms with E-state index in [1.165, 1.54) is 0 Å². The number of fused-ring (bicyclic) bond motifs is 1. The number of amides is 1. The highest BCUT2D eigenvalue weighted by Gasteiger charge is 2.40.